The highest BCUT2D eigenvalue weighted by atomic mass is 16.5. The summed E-state index contributed by atoms with van der Waals surface area (Å²) in [5.74, 6) is -0.0867. The second kappa shape index (κ2) is 9.87. The van der Waals surface area contributed by atoms with Gasteiger partial charge in [-0.3, -0.25) is 4.79 Å². The number of benzene rings is 3. The van der Waals surface area contributed by atoms with Gasteiger partial charge in [-0.15, -0.1) is 0 Å². The van der Waals surface area contributed by atoms with Gasteiger partial charge in [-0.25, -0.2) is 4.68 Å². The van der Waals surface area contributed by atoms with Crippen LogP contribution in [0.4, 0.5) is 0 Å². The van der Waals surface area contributed by atoms with Crippen LogP contribution in [0, 0.1) is 0 Å². The van der Waals surface area contributed by atoms with Crippen LogP contribution in [-0.4, -0.2) is 35.9 Å². The molecule has 0 aliphatic rings. The first-order valence-corrected chi connectivity index (χ1v) is 10.3. The van der Waals surface area contributed by atoms with Gasteiger partial charge in [0.1, 0.15) is 0 Å². The van der Waals surface area contributed by atoms with Crippen LogP contribution in [0.15, 0.2) is 91.0 Å². The van der Waals surface area contributed by atoms with E-state index >= 15 is 0 Å². The molecular formula is C26H25N3O2. The lowest BCUT2D eigenvalue weighted by Gasteiger charge is -2.09. The van der Waals surface area contributed by atoms with E-state index in [1.807, 2.05) is 65.3 Å². The van der Waals surface area contributed by atoms with Crippen LogP contribution < -0.4 is 5.32 Å². The van der Waals surface area contributed by atoms with E-state index in [4.69, 9.17) is 9.84 Å². The van der Waals surface area contributed by atoms with E-state index in [1.54, 1.807) is 7.11 Å². The Bertz CT molecular complexity index is 1120. The molecule has 0 radical (unpaired) electrons. The number of carbonyl (C=O) groups is 1. The Morgan fingerprint density at radius 3 is 2.19 bits per heavy atom. The third-order valence-corrected chi connectivity index (χ3v) is 5.03. The molecule has 31 heavy (non-hydrogen) atoms. The molecule has 0 saturated carbocycles. The van der Waals surface area contributed by atoms with Crippen molar-refractivity contribution in [2.24, 2.45) is 0 Å². The number of amides is 1. The molecule has 0 fully saturated rings. The van der Waals surface area contributed by atoms with Gasteiger partial charge in [0.05, 0.1) is 17.1 Å². The maximum Gasteiger partial charge on any atom is 0.251 e. The summed E-state index contributed by atoms with van der Waals surface area (Å²) in [6.07, 6.45) is 0.788. The molecule has 0 aliphatic carbocycles. The molecular weight excluding hydrogens is 386 g/mol. The van der Waals surface area contributed by atoms with Crippen molar-refractivity contribution in [1.29, 1.82) is 0 Å². The van der Waals surface area contributed by atoms with E-state index in [9.17, 15) is 4.79 Å². The fourth-order valence-corrected chi connectivity index (χ4v) is 3.42. The molecule has 0 unspecified atom stereocenters. The average molecular weight is 412 g/mol. The summed E-state index contributed by atoms with van der Waals surface area (Å²) in [5.41, 5.74) is 5.56. The first kappa shape index (κ1) is 20.6. The van der Waals surface area contributed by atoms with E-state index in [2.05, 4.69) is 35.6 Å². The number of hydrogen-bond acceptors (Lipinski definition) is 3. The zero-order valence-corrected chi connectivity index (χ0v) is 17.5. The van der Waals surface area contributed by atoms with Gasteiger partial charge in [0.25, 0.3) is 5.91 Å². The van der Waals surface area contributed by atoms with Crippen molar-refractivity contribution in [3.63, 3.8) is 0 Å². The minimum atomic E-state index is -0.0867. The first-order chi connectivity index (χ1) is 15.3. The number of nitrogens with zero attached hydrogens (tertiary/aromatic N) is 2. The smallest absolute Gasteiger partial charge is 0.251 e. The van der Waals surface area contributed by atoms with Crippen LogP contribution in [0.2, 0.25) is 0 Å². The van der Waals surface area contributed by atoms with Crippen LogP contribution >= 0.6 is 0 Å². The summed E-state index contributed by atoms with van der Waals surface area (Å²) >= 11 is 0. The van der Waals surface area contributed by atoms with Gasteiger partial charge in [-0.2, -0.15) is 5.10 Å². The fraction of sp³-hybridized carbons (Fsp3) is 0.154. The van der Waals surface area contributed by atoms with Gasteiger partial charge in [0.2, 0.25) is 0 Å². The minimum absolute atomic E-state index is 0.0867. The molecule has 1 heterocycles. The Kier molecular flexibility index (Phi) is 6.55. The molecule has 156 valence electrons. The van der Waals surface area contributed by atoms with E-state index < -0.39 is 0 Å². The summed E-state index contributed by atoms with van der Waals surface area (Å²) in [5, 5.41) is 7.79. The zero-order valence-electron chi connectivity index (χ0n) is 17.5. The molecule has 1 N–H and O–H groups in total. The van der Waals surface area contributed by atoms with Gasteiger partial charge >= 0.3 is 0 Å². The highest BCUT2D eigenvalue weighted by Gasteiger charge is 2.13. The number of rotatable bonds is 8. The van der Waals surface area contributed by atoms with E-state index in [0.717, 1.165) is 34.6 Å². The summed E-state index contributed by atoms with van der Waals surface area (Å²) in [4.78, 5) is 12.4. The summed E-state index contributed by atoms with van der Waals surface area (Å²) in [6, 6.07) is 29.9. The fourth-order valence-electron chi connectivity index (χ4n) is 3.42. The van der Waals surface area contributed by atoms with Crippen molar-refractivity contribution in [2.75, 3.05) is 20.3 Å². The average Bonchev–Trinajstić information content (AvgIpc) is 3.28. The maximum absolute atomic E-state index is 12.4. The topological polar surface area (TPSA) is 56.1 Å². The van der Waals surface area contributed by atoms with Gasteiger partial charge in [0, 0.05) is 37.0 Å². The predicted octanol–water partition coefficient (Wildman–Crippen LogP) is 4.97. The van der Waals surface area contributed by atoms with Crippen LogP contribution in [0.5, 0.6) is 0 Å². The Balaban J connectivity index is 1.64. The molecule has 0 atom stereocenters. The second-order valence-electron chi connectivity index (χ2n) is 7.21. The quantitative estimate of drug-likeness (QED) is 0.416. The van der Waals surface area contributed by atoms with E-state index in [1.165, 1.54) is 0 Å². The molecule has 5 nitrogen and oxygen atoms in total. The molecule has 5 heteroatoms. The SMILES string of the molecule is COCCCNC(=O)c1ccc(-n2nc(-c3ccccc3)cc2-c2ccccc2)cc1. The van der Waals surface area contributed by atoms with Crippen molar-refractivity contribution in [2.45, 2.75) is 6.42 Å². The molecule has 0 bridgehead atoms. The molecule has 0 spiro atoms. The number of hydrogen-bond donors (Lipinski definition) is 1. The summed E-state index contributed by atoms with van der Waals surface area (Å²) in [6.45, 7) is 1.22. The van der Waals surface area contributed by atoms with E-state index in [-0.39, 0.29) is 5.91 Å². The maximum atomic E-state index is 12.4. The highest BCUT2D eigenvalue weighted by molar-refractivity contribution is 5.94. The van der Waals surface area contributed by atoms with Crippen molar-refractivity contribution < 1.29 is 9.53 Å². The third-order valence-electron chi connectivity index (χ3n) is 5.03. The summed E-state index contributed by atoms with van der Waals surface area (Å²) in [7, 11) is 1.66. The molecule has 1 amide bonds. The first-order valence-electron chi connectivity index (χ1n) is 10.3. The van der Waals surface area contributed by atoms with Crippen molar-refractivity contribution in [3.05, 3.63) is 96.6 Å². The van der Waals surface area contributed by atoms with Gasteiger partial charge in [-0.1, -0.05) is 60.7 Å². The Labute approximate surface area is 182 Å². The lowest BCUT2D eigenvalue weighted by molar-refractivity contribution is 0.0948. The van der Waals surface area contributed by atoms with Crippen LogP contribution in [-0.2, 0) is 4.74 Å². The number of carbonyl (C=O) groups excluding carboxylic acids is 1. The number of aromatic nitrogens is 2. The third kappa shape index (κ3) is 4.90. The Hall–Kier alpha value is -3.70. The minimum Gasteiger partial charge on any atom is -0.385 e. The molecule has 0 aliphatic heterocycles. The lowest BCUT2D eigenvalue weighted by atomic mass is 10.1. The van der Waals surface area contributed by atoms with Crippen LogP contribution in [0.1, 0.15) is 16.8 Å². The van der Waals surface area contributed by atoms with Crippen molar-refractivity contribution in [1.82, 2.24) is 15.1 Å². The number of ether oxygens (including phenoxy) is 1. The number of methoxy groups -OCH3 is 1. The highest BCUT2D eigenvalue weighted by Crippen LogP contribution is 2.28. The Morgan fingerprint density at radius 1 is 0.903 bits per heavy atom. The lowest BCUT2D eigenvalue weighted by Crippen LogP contribution is -2.25. The van der Waals surface area contributed by atoms with Crippen molar-refractivity contribution >= 4 is 5.91 Å². The van der Waals surface area contributed by atoms with Gasteiger partial charge in [-0.05, 0) is 36.8 Å². The predicted molar refractivity (Wildman–Crippen MR) is 123 cm³/mol. The standard InChI is InChI=1S/C26H25N3O2/c1-31-18-8-17-27-26(30)22-13-15-23(16-14-22)29-25(21-11-6-3-7-12-21)19-24(28-29)20-9-4-2-5-10-20/h2-7,9-16,19H,8,17-18H2,1H3,(H,27,30). The van der Waals surface area contributed by atoms with Crippen molar-refractivity contribution in [3.8, 4) is 28.2 Å². The summed E-state index contributed by atoms with van der Waals surface area (Å²) < 4.78 is 6.94. The normalized spacial score (nSPS) is 10.7. The molecule has 4 rings (SSSR count). The van der Waals surface area contributed by atoms with Gasteiger partial charge < -0.3 is 10.1 Å². The van der Waals surface area contributed by atoms with Crippen LogP contribution in [0.3, 0.4) is 0 Å². The van der Waals surface area contributed by atoms with Gasteiger partial charge in [0.15, 0.2) is 0 Å². The molecule has 4 aromatic rings. The zero-order chi connectivity index (χ0) is 21.5. The monoisotopic (exact) mass is 411 g/mol. The van der Waals surface area contributed by atoms with Crippen LogP contribution in [0.25, 0.3) is 28.2 Å². The second-order valence-corrected chi connectivity index (χ2v) is 7.21. The number of nitrogens with one attached hydrogen (secondary N) is 1. The van der Waals surface area contributed by atoms with E-state index in [0.29, 0.717) is 18.7 Å². The molecule has 3 aromatic carbocycles. The molecule has 0 saturated heterocycles. The largest absolute Gasteiger partial charge is 0.385 e. The Morgan fingerprint density at radius 2 is 1.55 bits per heavy atom. The molecule has 1 aromatic heterocycles.